The third-order valence-electron chi connectivity index (χ3n) is 3.91. The molecule has 0 aliphatic heterocycles. The van der Waals surface area contributed by atoms with Crippen LogP contribution in [0.15, 0.2) is 46.8 Å². The van der Waals surface area contributed by atoms with E-state index in [0.717, 1.165) is 22.5 Å². The summed E-state index contributed by atoms with van der Waals surface area (Å²) >= 11 is 0. The number of fused-ring (bicyclic) bond motifs is 1. The topological polar surface area (TPSA) is 62.2 Å². The summed E-state index contributed by atoms with van der Waals surface area (Å²) in [6, 6.07) is 9.28. The van der Waals surface area contributed by atoms with Gasteiger partial charge in [-0.15, -0.1) is 10.2 Å². The Morgan fingerprint density at radius 3 is 2.54 bits per heavy atom. The lowest BCUT2D eigenvalue weighted by Gasteiger charge is -2.15. The zero-order valence-electron chi connectivity index (χ0n) is 14.7. The summed E-state index contributed by atoms with van der Waals surface area (Å²) in [6.07, 6.45) is 1.94. The molecule has 0 fully saturated rings. The van der Waals surface area contributed by atoms with Crippen molar-refractivity contribution in [2.24, 2.45) is 10.2 Å². The molecule has 5 heteroatoms. The third-order valence-corrected chi connectivity index (χ3v) is 3.91. The van der Waals surface area contributed by atoms with E-state index in [1.807, 2.05) is 48.7 Å². The molecule has 24 heavy (non-hydrogen) atoms. The fourth-order valence-electron chi connectivity index (χ4n) is 2.60. The van der Waals surface area contributed by atoms with E-state index >= 15 is 0 Å². The number of phenolic OH excluding ortho intramolecular Hbond substituents is 1. The van der Waals surface area contributed by atoms with Gasteiger partial charge in [-0.3, -0.25) is 4.40 Å². The van der Waals surface area contributed by atoms with Gasteiger partial charge in [0.2, 0.25) is 0 Å². The Morgan fingerprint density at radius 1 is 1.08 bits per heavy atom. The number of imidazole rings is 1. The van der Waals surface area contributed by atoms with E-state index in [0.29, 0.717) is 11.5 Å². The van der Waals surface area contributed by atoms with Crippen LogP contribution in [-0.2, 0) is 5.41 Å². The second-order valence-corrected chi connectivity index (χ2v) is 7.11. The van der Waals surface area contributed by atoms with Gasteiger partial charge in [0.15, 0.2) is 5.82 Å². The molecule has 0 unspecified atom stereocenters. The molecule has 3 aromatic rings. The number of rotatable bonds is 2. The molecular weight excluding hydrogens is 300 g/mol. The molecule has 0 radical (unpaired) electrons. The van der Waals surface area contributed by atoms with E-state index < -0.39 is 0 Å². The number of aromatic hydroxyl groups is 1. The van der Waals surface area contributed by atoms with Crippen molar-refractivity contribution in [2.45, 2.75) is 40.0 Å². The van der Waals surface area contributed by atoms with Crippen molar-refractivity contribution in [2.75, 3.05) is 0 Å². The first-order valence-electron chi connectivity index (χ1n) is 7.97. The number of phenols is 1. The van der Waals surface area contributed by atoms with Crippen LogP contribution in [0.2, 0.25) is 0 Å². The Kier molecular flexibility index (Phi) is 3.87. The number of benzene rings is 1. The van der Waals surface area contributed by atoms with Crippen LogP contribution in [0.25, 0.3) is 5.65 Å². The Hall–Kier alpha value is -2.69. The quantitative estimate of drug-likeness (QED) is 0.645. The van der Waals surface area contributed by atoms with Gasteiger partial charge in [-0.05, 0) is 43.2 Å². The maximum absolute atomic E-state index is 9.97. The maximum Gasteiger partial charge on any atom is 0.183 e. The number of hydrogen-bond acceptors (Lipinski definition) is 4. The number of aromatic nitrogens is 2. The standard InChI is InChI=1S/C19H22N4O/c1-12-8-9-15(24)14(11-12)21-22-18-16(19(3,4)5)20-17-13(2)7-6-10-23(17)18/h6-11,24H,1-5H3. The summed E-state index contributed by atoms with van der Waals surface area (Å²) in [7, 11) is 0. The van der Waals surface area contributed by atoms with Crippen LogP contribution in [0, 0.1) is 13.8 Å². The summed E-state index contributed by atoms with van der Waals surface area (Å²) in [5.74, 6) is 0.814. The molecule has 0 spiro atoms. The molecule has 1 N–H and O–H groups in total. The van der Waals surface area contributed by atoms with Crippen LogP contribution in [0.3, 0.4) is 0 Å². The van der Waals surface area contributed by atoms with E-state index in [2.05, 4.69) is 31.0 Å². The van der Waals surface area contributed by atoms with Crippen molar-refractivity contribution in [3.8, 4) is 5.75 Å². The number of azo groups is 1. The molecule has 124 valence electrons. The molecule has 1 aromatic carbocycles. The highest BCUT2D eigenvalue weighted by atomic mass is 16.3. The Labute approximate surface area is 141 Å². The monoisotopic (exact) mass is 322 g/mol. The first kappa shape index (κ1) is 16.2. The molecule has 0 saturated heterocycles. The zero-order chi connectivity index (χ0) is 17.5. The van der Waals surface area contributed by atoms with Gasteiger partial charge in [0, 0.05) is 11.6 Å². The van der Waals surface area contributed by atoms with Gasteiger partial charge in [-0.2, -0.15) is 0 Å². The maximum atomic E-state index is 9.97. The molecule has 0 aliphatic rings. The molecule has 0 aliphatic carbocycles. The van der Waals surface area contributed by atoms with Crippen molar-refractivity contribution in [1.29, 1.82) is 0 Å². The normalized spacial score (nSPS) is 12.4. The summed E-state index contributed by atoms with van der Waals surface area (Å²) in [5, 5.41) is 18.7. The lowest BCUT2D eigenvalue weighted by Crippen LogP contribution is -2.11. The number of aryl methyl sites for hydroxylation is 2. The summed E-state index contributed by atoms with van der Waals surface area (Å²) < 4.78 is 1.95. The molecule has 3 rings (SSSR count). The highest BCUT2D eigenvalue weighted by Gasteiger charge is 2.24. The average Bonchev–Trinajstić information content (AvgIpc) is 2.88. The van der Waals surface area contributed by atoms with Crippen molar-refractivity contribution < 1.29 is 5.11 Å². The van der Waals surface area contributed by atoms with Gasteiger partial charge in [-0.1, -0.05) is 32.9 Å². The lowest BCUT2D eigenvalue weighted by atomic mass is 9.92. The fourth-order valence-corrected chi connectivity index (χ4v) is 2.60. The van der Waals surface area contributed by atoms with Crippen LogP contribution >= 0.6 is 0 Å². The summed E-state index contributed by atoms with van der Waals surface area (Å²) in [6.45, 7) is 10.3. The third kappa shape index (κ3) is 2.89. The molecular formula is C19H22N4O. The predicted molar refractivity (Wildman–Crippen MR) is 95.6 cm³/mol. The smallest absolute Gasteiger partial charge is 0.183 e. The van der Waals surface area contributed by atoms with Crippen LogP contribution in [0.4, 0.5) is 11.5 Å². The van der Waals surface area contributed by atoms with Crippen molar-refractivity contribution >= 4 is 17.2 Å². The molecule has 0 saturated carbocycles. The number of pyridine rings is 1. The minimum atomic E-state index is -0.165. The summed E-state index contributed by atoms with van der Waals surface area (Å²) in [5.41, 5.74) is 4.16. The van der Waals surface area contributed by atoms with Crippen LogP contribution in [0.5, 0.6) is 5.75 Å². The number of hydrogen-bond donors (Lipinski definition) is 1. The molecule has 0 amide bonds. The van der Waals surface area contributed by atoms with E-state index in [-0.39, 0.29) is 11.2 Å². The van der Waals surface area contributed by atoms with Gasteiger partial charge < -0.3 is 5.11 Å². The van der Waals surface area contributed by atoms with Gasteiger partial charge in [0.25, 0.3) is 0 Å². The van der Waals surface area contributed by atoms with E-state index in [1.165, 1.54) is 0 Å². The van der Waals surface area contributed by atoms with E-state index in [9.17, 15) is 5.11 Å². The van der Waals surface area contributed by atoms with Crippen molar-refractivity contribution in [1.82, 2.24) is 9.38 Å². The van der Waals surface area contributed by atoms with Gasteiger partial charge in [0.1, 0.15) is 17.1 Å². The van der Waals surface area contributed by atoms with Crippen molar-refractivity contribution in [3.63, 3.8) is 0 Å². The highest BCUT2D eigenvalue weighted by molar-refractivity contribution is 5.59. The Balaban J connectivity index is 2.19. The van der Waals surface area contributed by atoms with Crippen molar-refractivity contribution in [3.05, 3.63) is 53.3 Å². The Bertz CT molecular complexity index is 932. The fraction of sp³-hybridized carbons (Fsp3) is 0.316. The van der Waals surface area contributed by atoms with E-state index in [4.69, 9.17) is 4.98 Å². The largest absolute Gasteiger partial charge is 0.506 e. The van der Waals surface area contributed by atoms with Gasteiger partial charge in [0.05, 0.1) is 5.69 Å². The molecule has 0 atom stereocenters. The highest BCUT2D eigenvalue weighted by Crippen LogP contribution is 2.35. The second kappa shape index (κ2) is 5.74. The Morgan fingerprint density at radius 2 is 1.83 bits per heavy atom. The predicted octanol–water partition coefficient (Wildman–Crippen LogP) is 5.37. The summed E-state index contributed by atoms with van der Waals surface area (Å²) in [4.78, 5) is 4.78. The first-order chi connectivity index (χ1) is 11.3. The minimum Gasteiger partial charge on any atom is -0.506 e. The molecule has 0 bridgehead atoms. The zero-order valence-corrected chi connectivity index (χ0v) is 14.7. The van der Waals surface area contributed by atoms with Crippen LogP contribution in [-0.4, -0.2) is 14.5 Å². The first-order valence-corrected chi connectivity index (χ1v) is 7.97. The second-order valence-electron chi connectivity index (χ2n) is 7.11. The van der Waals surface area contributed by atoms with Crippen LogP contribution in [0.1, 0.15) is 37.6 Å². The molecule has 2 heterocycles. The minimum absolute atomic E-state index is 0.117. The number of nitrogens with zero attached hydrogens (tertiary/aromatic N) is 4. The van der Waals surface area contributed by atoms with Gasteiger partial charge in [-0.25, -0.2) is 4.98 Å². The van der Waals surface area contributed by atoms with Gasteiger partial charge >= 0.3 is 0 Å². The average molecular weight is 322 g/mol. The van der Waals surface area contributed by atoms with Crippen LogP contribution < -0.4 is 0 Å². The lowest BCUT2D eigenvalue weighted by molar-refractivity contribution is 0.476. The van der Waals surface area contributed by atoms with E-state index in [1.54, 1.807) is 6.07 Å². The molecule has 2 aromatic heterocycles. The molecule has 5 nitrogen and oxygen atoms in total. The SMILES string of the molecule is Cc1ccc(O)c(N=Nc2c(C(C)(C)C)nc3c(C)cccn23)c1.